The average molecular weight is 208 g/mol. The van der Waals surface area contributed by atoms with Gasteiger partial charge in [-0.1, -0.05) is 11.8 Å². The average Bonchev–Trinajstić information content (AvgIpc) is 2.47. The Kier molecular flexibility index (Phi) is 3.84. The van der Waals surface area contributed by atoms with Crippen molar-refractivity contribution in [2.75, 3.05) is 11.6 Å². The molecule has 0 bridgehead atoms. The molecule has 68 valence electrons. The van der Waals surface area contributed by atoms with E-state index < -0.39 is 6.10 Å². The van der Waals surface area contributed by atoms with Crippen molar-refractivity contribution >= 4 is 23.4 Å². The fourth-order valence-electron chi connectivity index (χ4n) is 0.602. The smallest absolute Gasteiger partial charge is 0.208 e. The van der Waals surface area contributed by atoms with Crippen molar-refractivity contribution in [1.29, 1.82) is 0 Å². The number of thioether (sulfide) groups is 1. The number of rotatable bonds is 4. The molecule has 0 aromatic carbocycles. The second-order valence-corrected chi connectivity index (χ2v) is 3.62. The summed E-state index contributed by atoms with van der Waals surface area (Å²) in [5.74, 6) is 1.55. The van der Waals surface area contributed by atoms with E-state index in [-0.39, 0.29) is 5.88 Å². The topological polar surface area (TPSA) is 61.8 Å². The standard InChI is InChI=1S/C6H10ClN3OS/c1-4-8-6(10-9-4)12-3-5(11)2-7/h5,11H,2-3H2,1H3,(H,8,9,10). The van der Waals surface area contributed by atoms with Crippen molar-refractivity contribution < 1.29 is 5.11 Å². The molecule has 0 saturated heterocycles. The second-order valence-electron chi connectivity index (χ2n) is 2.32. The monoisotopic (exact) mass is 207 g/mol. The zero-order valence-corrected chi connectivity index (χ0v) is 8.19. The molecule has 0 radical (unpaired) electrons. The molecule has 1 heterocycles. The summed E-state index contributed by atoms with van der Waals surface area (Å²) >= 11 is 6.80. The quantitative estimate of drug-likeness (QED) is 0.567. The molecule has 0 saturated carbocycles. The molecule has 0 spiro atoms. The van der Waals surface area contributed by atoms with E-state index in [4.69, 9.17) is 16.7 Å². The number of aromatic amines is 1. The molecule has 1 rings (SSSR count). The van der Waals surface area contributed by atoms with Gasteiger partial charge in [0.1, 0.15) is 5.82 Å². The second kappa shape index (κ2) is 4.69. The molecule has 0 aliphatic heterocycles. The van der Waals surface area contributed by atoms with Crippen LogP contribution >= 0.6 is 23.4 Å². The van der Waals surface area contributed by atoms with Gasteiger partial charge in [-0.3, -0.25) is 5.10 Å². The van der Waals surface area contributed by atoms with Crippen LogP contribution in [0.5, 0.6) is 0 Å². The van der Waals surface area contributed by atoms with E-state index in [9.17, 15) is 0 Å². The number of aromatic nitrogens is 3. The van der Waals surface area contributed by atoms with Crippen molar-refractivity contribution in [3.63, 3.8) is 0 Å². The first kappa shape index (κ1) is 9.83. The van der Waals surface area contributed by atoms with Gasteiger partial charge in [0.25, 0.3) is 0 Å². The van der Waals surface area contributed by atoms with Gasteiger partial charge < -0.3 is 5.11 Å². The minimum Gasteiger partial charge on any atom is -0.391 e. The number of hydrogen-bond acceptors (Lipinski definition) is 4. The zero-order valence-electron chi connectivity index (χ0n) is 6.62. The van der Waals surface area contributed by atoms with Gasteiger partial charge in [-0.25, -0.2) is 4.98 Å². The molecule has 2 N–H and O–H groups in total. The van der Waals surface area contributed by atoms with Crippen LogP contribution in [-0.4, -0.2) is 38.0 Å². The van der Waals surface area contributed by atoms with Crippen LogP contribution in [0.25, 0.3) is 0 Å². The van der Waals surface area contributed by atoms with Crippen molar-refractivity contribution in [1.82, 2.24) is 15.2 Å². The molecule has 0 aliphatic carbocycles. The molecule has 0 fully saturated rings. The van der Waals surface area contributed by atoms with Gasteiger partial charge in [-0.15, -0.1) is 16.7 Å². The molecular weight excluding hydrogens is 198 g/mol. The van der Waals surface area contributed by atoms with Crippen molar-refractivity contribution in [3.05, 3.63) is 5.82 Å². The maximum atomic E-state index is 9.11. The summed E-state index contributed by atoms with van der Waals surface area (Å²) in [5.41, 5.74) is 0. The summed E-state index contributed by atoms with van der Waals surface area (Å²) in [5, 5.41) is 16.4. The first-order valence-electron chi connectivity index (χ1n) is 3.48. The van der Waals surface area contributed by atoms with E-state index in [1.54, 1.807) is 0 Å². The van der Waals surface area contributed by atoms with Gasteiger partial charge in [0.2, 0.25) is 5.16 Å². The summed E-state index contributed by atoms with van der Waals surface area (Å²) < 4.78 is 0. The normalized spacial score (nSPS) is 13.2. The molecule has 4 nitrogen and oxygen atoms in total. The third kappa shape index (κ3) is 3.00. The maximum absolute atomic E-state index is 9.11. The first-order chi connectivity index (χ1) is 5.72. The highest BCUT2D eigenvalue weighted by atomic mass is 35.5. The number of aliphatic hydroxyl groups is 1. The largest absolute Gasteiger partial charge is 0.391 e. The molecule has 1 aromatic rings. The fraction of sp³-hybridized carbons (Fsp3) is 0.667. The SMILES string of the molecule is Cc1nc(SCC(O)CCl)n[nH]1. The minimum atomic E-state index is -0.490. The van der Waals surface area contributed by atoms with Gasteiger partial charge in [0.05, 0.1) is 6.10 Å². The number of alkyl halides is 1. The van der Waals surface area contributed by atoms with Crippen LogP contribution in [0.4, 0.5) is 0 Å². The number of hydrogen-bond donors (Lipinski definition) is 2. The van der Waals surface area contributed by atoms with E-state index in [0.717, 1.165) is 5.82 Å². The first-order valence-corrected chi connectivity index (χ1v) is 5.00. The highest BCUT2D eigenvalue weighted by Gasteiger charge is 2.05. The summed E-state index contributed by atoms with van der Waals surface area (Å²) in [6.45, 7) is 1.83. The minimum absolute atomic E-state index is 0.246. The fourth-order valence-corrected chi connectivity index (χ4v) is 1.61. The van der Waals surface area contributed by atoms with E-state index in [2.05, 4.69) is 15.2 Å². The number of aliphatic hydroxyl groups excluding tert-OH is 1. The molecule has 12 heavy (non-hydrogen) atoms. The lowest BCUT2D eigenvalue weighted by atomic mass is 10.5. The van der Waals surface area contributed by atoms with Crippen molar-refractivity contribution in [3.8, 4) is 0 Å². The predicted molar refractivity (Wildman–Crippen MR) is 48.6 cm³/mol. The lowest BCUT2D eigenvalue weighted by Gasteiger charge is -2.01. The van der Waals surface area contributed by atoms with E-state index in [1.807, 2.05) is 6.92 Å². The summed E-state index contributed by atoms with van der Waals surface area (Å²) in [7, 11) is 0. The van der Waals surface area contributed by atoms with E-state index in [0.29, 0.717) is 10.9 Å². The Hall–Kier alpha value is -0.260. The predicted octanol–water partition coefficient (Wildman–Crippen LogP) is 0.805. The molecule has 1 aromatic heterocycles. The van der Waals surface area contributed by atoms with Gasteiger partial charge in [0.15, 0.2) is 0 Å². The summed E-state index contributed by atoms with van der Waals surface area (Å²) in [6, 6.07) is 0. The third-order valence-electron chi connectivity index (χ3n) is 1.16. The molecule has 0 aliphatic rings. The third-order valence-corrected chi connectivity index (χ3v) is 2.51. The van der Waals surface area contributed by atoms with E-state index in [1.165, 1.54) is 11.8 Å². The molecule has 1 unspecified atom stereocenters. The Bertz CT molecular complexity index is 242. The van der Waals surface area contributed by atoms with Crippen LogP contribution in [0.3, 0.4) is 0 Å². The summed E-state index contributed by atoms with van der Waals surface area (Å²) in [6.07, 6.45) is -0.490. The van der Waals surface area contributed by atoms with Crippen molar-refractivity contribution in [2.45, 2.75) is 18.2 Å². The number of halogens is 1. The highest BCUT2D eigenvalue weighted by molar-refractivity contribution is 7.99. The zero-order chi connectivity index (χ0) is 8.97. The molecular formula is C6H10ClN3OS. The highest BCUT2D eigenvalue weighted by Crippen LogP contribution is 2.13. The molecule has 1 atom stereocenters. The van der Waals surface area contributed by atoms with Gasteiger partial charge in [-0.2, -0.15) is 0 Å². The van der Waals surface area contributed by atoms with Crippen LogP contribution < -0.4 is 0 Å². The lowest BCUT2D eigenvalue weighted by Crippen LogP contribution is -2.11. The Labute approximate surface area is 79.7 Å². The Morgan fingerprint density at radius 3 is 3.00 bits per heavy atom. The number of nitrogens with one attached hydrogen (secondary N) is 1. The van der Waals surface area contributed by atoms with Crippen molar-refractivity contribution in [2.24, 2.45) is 0 Å². The number of aryl methyl sites for hydroxylation is 1. The van der Waals surface area contributed by atoms with Crippen LogP contribution in [0.1, 0.15) is 5.82 Å². The summed E-state index contributed by atoms with van der Waals surface area (Å²) in [4.78, 5) is 4.06. The van der Waals surface area contributed by atoms with E-state index >= 15 is 0 Å². The van der Waals surface area contributed by atoms with Crippen LogP contribution in [0.15, 0.2) is 5.16 Å². The lowest BCUT2D eigenvalue weighted by molar-refractivity contribution is 0.223. The number of H-pyrrole nitrogens is 1. The van der Waals surface area contributed by atoms with Gasteiger partial charge in [0, 0.05) is 11.6 Å². The van der Waals surface area contributed by atoms with Crippen LogP contribution in [0, 0.1) is 6.92 Å². The van der Waals surface area contributed by atoms with Crippen LogP contribution in [-0.2, 0) is 0 Å². The maximum Gasteiger partial charge on any atom is 0.208 e. The molecule has 0 amide bonds. The van der Waals surface area contributed by atoms with Gasteiger partial charge >= 0.3 is 0 Å². The Morgan fingerprint density at radius 1 is 1.75 bits per heavy atom. The van der Waals surface area contributed by atoms with Gasteiger partial charge in [-0.05, 0) is 6.92 Å². The number of nitrogens with zero attached hydrogens (tertiary/aromatic N) is 2. The van der Waals surface area contributed by atoms with Crippen LogP contribution in [0.2, 0.25) is 0 Å². The molecule has 6 heteroatoms. The Balaban J connectivity index is 2.33. The Morgan fingerprint density at radius 2 is 2.50 bits per heavy atom.